The molecule has 0 bridgehead atoms. The molecule has 40 heavy (non-hydrogen) atoms. The van der Waals surface area contributed by atoms with E-state index >= 15 is 0 Å². The number of anilines is 1. The van der Waals surface area contributed by atoms with Crippen molar-refractivity contribution in [2.75, 3.05) is 10.8 Å². The molecule has 7 nitrogen and oxygen atoms in total. The van der Waals surface area contributed by atoms with Gasteiger partial charge in [0.15, 0.2) is 0 Å². The zero-order valence-corrected chi connectivity index (χ0v) is 25.0. The van der Waals surface area contributed by atoms with Gasteiger partial charge in [-0.1, -0.05) is 48.0 Å². The molecule has 0 radical (unpaired) electrons. The molecule has 0 fully saturated rings. The second-order valence-electron chi connectivity index (χ2n) is 11.1. The molecular formula is C31H38FN3O4S. The number of hydrogen-bond donors (Lipinski definition) is 1. The molecule has 3 aromatic rings. The lowest BCUT2D eigenvalue weighted by Gasteiger charge is -2.34. The van der Waals surface area contributed by atoms with Crippen molar-refractivity contribution < 1.29 is 22.4 Å². The van der Waals surface area contributed by atoms with Crippen molar-refractivity contribution in [2.24, 2.45) is 0 Å². The lowest BCUT2D eigenvalue weighted by atomic mass is 10.1. The van der Waals surface area contributed by atoms with E-state index in [1.807, 2.05) is 40.7 Å². The molecule has 0 spiro atoms. The Morgan fingerprint density at radius 2 is 1.55 bits per heavy atom. The van der Waals surface area contributed by atoms with E-state index < -0.39 is 45.8 Å². The van der Waals surface area contributed by atoms with Gasteiger partial charge in [-0.25, -0.2) is 12.8 Å². The van der Waals surface area contributed by atoms with Gasteiger partial charge < -0.3 is 10.2 Å². The Kier molecular flexibility index (Phi) is 9.40. The van der Waals surface area contributed by atoms with Gasteiger partial charge in [-0.2, -0.15) is 0 Å². The smallest absolute Gasteiger partial charge is 0.264 e. The van der Waals surface area contributed by atoms with Crippen LogP contribution in [0.4, 0.5) is 10.1 Å². The first-order valence-corrected chi connectivity index (χ1v) is 14.6. The summed E-state index contributed by atoms with van der Waals surface area (Å²) in [6, 6.07) is 16.6. The fraction of sp³-hybridized carbons (Fsp3) is 0.355. The van der Waals surface area contributed by atoms with Crippen LogP contribution in [-0.4, -0.2) is 43.3 Å². The van der Waals surface area contributed by atoms with Gasteiger partial charge in [0.2, 0.25) is 11.8 Å². The number of amides is 2. The van der Waals surface area contributed by atoms with Crippen molar-refractivity contribution in [3.63, 3.8) is 0 Å². The number of carbonyl (C=O) groups excluding carboxylic acids is 2. The summed E-state index contributed by atoms with van der Waals surface area (Å²) >= 11 is 0. The van der Waals surface area contributed by atoms with E-state index in [9.17, 15) is 22.4 Å². The zero-order chi connectivity index (χ0) is 29.8. The molecule has 0 saturated carbocycles. The third-order valence-electron chi connectivity index (χ3n) is 6.70. The Hall–Kier alpha value is -3.72. The standard InChI is InChI=1S/C31H38FN3O4S/c1-21-15-17-26(18-16-21)40(38,39)35(28-14-10-11-22(2)23(28)3)20-29(36)34(19-25-12-8-9-13-27(25)32)24(4)30(37)33-31(5,6)7/h8-18,24H,19-20H2,1-7H3,(H,33,37)/t24-/m1/s1. The Balaban J connectivity index is 2.09. The number of halogens is 1. The summed E-state index contributed by atoms with van der Waals surface area (Å²) < 4.78 is 43.7. The Labute approximate surface area is 237 Å². The van der Waals surface area contributed by atoms with Crippen molar-refractivity contribution in [1.82, 2.24) is 10.2 Å². The highest BCUT2D eigenvalue weighted by atomic mass is 32.2. The summed E-state index contributed by atoms with van der Waals surface area (Å²) in [7, 11) is -4.18. The number of aryl methyl sites for hydroxylation is 2. The lowest BCUT2D eigenvalue weighted by molar-refractivity contribution is -0.140. The second-order valence-corrected chi connectivity index (χ2v) is 12.9. The predicted molar refractivity (Wildman–Crippen MR) is 156 cm³/mol. The van der Waals surface area contributed by atoms with Crippen LogP contribution < -0.4 is 9.62 Å². The van der Waals surface area contributed by atoms with Gasteiger partial charge >= 0.3 is 0 Å². The van der Waals surface area contributed by atoms with Crippen molar-refractivity contribution in [3.8, 4) is 0 Å². The zero-order valence-electron chi connectivity index (χ0n) is 24.2. The normalized spacial score (nSPS) is 12.5. The monoisotopic (exact) mass is 567 g/mol. The summed E-state index contributed by atoms with van der Waals surface area (Å²) in [4.78, 5) is 28.4. The Bertz CT molecular complexity index is 1480. The van der Waals surface area contributed by atoms with Crippen LogP contribution in [0.3, 0.4) is 0 Å². The second kappa shape index (κ2) is 12.2. The highest BCUT2D eigenvalue weighted by molar-refractivity contribution is 7.92. The molecule has 0 aliphatic carbocycles. The van der Waals surface area contributed by atoms with Gasteiger partial charge in [-0.3, -0.25) is 13.9 Å². The number of nitrogens with one attached hydrogen (secondary N) is 1. The number of rotatable bonds is 9. The summed E-state index contributed by atoms with van der Waals surface area (Å²) in [5, 5.41) is 2.86. The van der Waals surface area contributed by atoms with Crippen LogP contribution in [0.2, 0.25) is 0 Å². The maximum atomic E-state index is 14.7. The molecule has 0 aromatic heterocycles. The first kappa shape index (κ1) is 30.8. The largest absolute Gasteiger partial charge is 0.350 e. The SMILES string of the molecule is Cc1ccc(S(=O)(=O)N(CC(=O)N(Cc2ccccc2F)[C@H](C)C(=O)NC(C)(C)C)c2cccc(C)c2C)cc1. The minimum Gasteiger partial charge on any atom is -0.350 e. The maximum absolute atomic E-state index is 14.7. The van der Waals surface area contributed by atoms with Crippen LogP contribution in [0, 0.1) is 26.6 Å². The van der Waals surface area contributed by atoms with Crippen LogP contribution in [0.5, 0.6) is 0 Å². The molecule has 0 aliphatic heterocycles. The minimum absolute atomic E-state index is 0.0333. The van der Waals surface area contributed by atoms with E-state index in [4.69, 9.17) is 0 Å². The van der Waals surface area contributed by atoms with E-state index in [1.165, 1.54) is 35.2 Å². The molecular weight excluding hydrogens is 529 g/mol. The average Bonchev–Trinajstić information content (AvgIpc) is 2.87. The number of hydrogen-bond acceptors (Lipinski definition) is 4. The summed E-state index contributed by atoms with van der Waals surface area (Å²) in [5.41, 5.74) is 2.44. The Morgan fingerprint density at radius 1 is 0.925 bits per heavy atom. The van der Waals surface area contributed by atoms with E-state index in [0.717, 1.165) is 15.4 Å². The quantitative estimate of drug-likeness (QED) is 0.381. The number of sulfonamides is 1. The van der Waals surface area contributed by atoms with E-state index in [-0.39, 0.29) is 17.0 Å². The molecule has 0 unspecified atom stereocenters. The summed E-state index contributed by atoms with van der Waals surface area (Å²) in [5.74, 6) is -1.60. The van der Waals surface area contributed by atoms with Crippen molar-refractivity contribution >= 4 is 27.5 Å². The highest BCUT2D eigenvalue weighted by Crippen LogP contribution is 2.29. The molecule has 0 aliphatic rings. The van der Waals surface area contributed by atoms with Gasteiger partial charge in [0.1, 0.15) is 18.4 Å². The molecule has 9 heteroatoms. The number of nitrogens with zero attached hydrogens (tertiary/aromatic N) is 2. The van der Waals surface area contributed by atoms with Crippen LogP contribution in [0.15, 0.2) is 71.6 Å². The number of carbonyl (C=O) groups is 2. The van der Waals surface area contributed by atoms with E-state index in [1.54, 1.807) is 44.2 Å². The molecule has 3 rings (SSSR count). The molecule has 1 N–H and O–H groups in total. The Morgan fingerprint density at radius 3 is 2.15 bits per heavy atom. The predicted octanol–water partition coefficient (Wildman–Crippen LogP) is 5.28. The third-order valence-corrected chi connectivity index (χ3v) is 8.47. The van der Waals surface area contributed by atoms with Gasteiger partial charge in [-0.15, -0.1) is 0 Å². The average molecular weight is 568 g/mol. The molecule has 1 atom stereocenters. The van der Waals surface area contributed by atoms with Crippen molar-refractivity contribution in [1.29, 1.82) is 0 Å². The third kappa shape index (κ3) is 7.27. The van der Waals surface area contributed by atoms with E-state index in [0.29, 0.717) is 11.3 Å². The molecule has 0 saturated heterocycles. The lowest BCUT2D eigenvalue weighted by Crippen LogP contribution is -2.54. The maximum Gasteiger partial charge on any atom is 0.264 e. The summed E-state index contributed by atoms with van der Waals surface area (Å²) in [6.45, 7) is 11.7. The van der Waals surface area contributed by atoms with E-state index in [2.05, 4.69) is 5.32 Å². The molecule has 2 amide bonds. The minimum atomic E-state index is -4.18. The first-order valence-electron chi connectivity index (χ1n) is 13.1. The van der Waals surface area contributed by atoms with Crippen molar-refractivity contribution in [3.05, 3.63) is 94.8 Å². The van der Waals surface area contributed by atoms with Crippen LogP contribution in [0.25, 0.3) is 0 Å². The topological polar surface area (TPSA) is 86.8 Å². The van der Waals surface area contributed by atoms with Crippen LogP contribution in [0.1, 0.15) is 49.9 Å². The van der Waals surface area contributed by atoms with Gasteiger partial charge in [-0.05, 0) is 83.9 Å². The van der Waals surface area contributed by atoms with Gasteiger partial charge in [0.25, 0.3) is 10.0 Å². The molecule has 3 aromatic carbocycles. The van der Waals surface area contributed by atoms with Crippen molar-refractivity contribution in [2.45, 2.75) is 71.5 Å². The number of benzene rings is 3. The van der Waals surface area contributed by atoms with Gasteiger partial charge in [0.05, 0.1) is 10.6 Å². The highest BCUT2D eigenvalue weighted by Gasteiger charge is 2.34. The summed E-state index contributed by atoms with van der Waals surface area (Å²) in [6.07, 6.45) is 0. The van der Waals surface area contributed by atoms with Crippen LogP contribution in [-0.2, 0) is 26.2 Å². The first-order chi connectivity index (χ1) is 18.6. The fourth-order valence-electron chi connectivity index (χ4n) is 4.22. The fourth-order valence-corrected chi connectivity index (χ4v) is 5.70. The molecule has 214 valence electrons. The van der Waals surface area contributed by atoms with Crippen LogP contribution >= 0.6 is 0 Å². The van der Waals surface area contributed by atoms with Gasteiger partial charge in [0, 0.05) is 17.6 Å². The molecule has 0 heterocycles.